The maximum Gasteiger partial charge on any atom is 0.0999 e. The molecular weight excluding hydrogens is 184 g/mol. The Morgan fingerprint density at radius 3 is 2.73 bits per heavy atom. The van der Waals surface area contributed by atoms with Gasteiger partial charge < -0.3 is 4.74 Å². The van der Waals surface area contributed by atoms with Crippen LogP contribution in [0, 0.1) is 0 Å². The molecule has 0 fully saturated rings. The average molecular weight is 198 g/mol. The number of hydrogen-bond donors (Lipinski definition) is 0. The van der Waals surface area contributed by atoms with Crippen molar-refractivity contribution in [1.82, 2.24) is 0 Å². The van der Waals surface area contributed by atoms with Crippen LogP contribution in [0.5, 0.6) is 0 Å². The average Bonchev–Trinajstić information content (AvgIpc) is 2.31. The Bertz CT molecular complexity index is 410. The monoisotopic (exact) mass is 198 g/mol. The van der Waals surface area contributed by atoms with Gasteiger partial charge in [0.05, 0.1) is 12.9 Å². The largest absolute Gasteiger partial charge is 0.501 e. The molecule has 2 rings (SSSR count). The van der Waals surface area contributed by atoms with E-state index in [0.29, 0.717) is 0 Å². The maximum absolute atomic E-state index is 5.23. The second kappa shape index (κ2) is 4.65. The first-order chi connectivity index (χ1) is 7.38. The molecule has 0 atom stereocenters. The van der Waals surface area contributed by atoms with Crippen LogP contribution in [0.1, 0.15) is 12.0 Å². The molecule has 1 aliphatic rings. The fourth-order valence-corrected chi connectivity index (χ4v) is 1.60. The van der Waals surface area contributed by atoms with Gasteiger partial charge in [0.25, 0.3) is 0 Å². The van der Waals surface area contributed by atoms with Gasteiger partial charge >= 0.3 is 0 Å². The van der Waals surface area contributed by atoms with Gasteiger partial charge in [-0.25, -0.2) is 0 Å². The Morgan fingerprint density at radius 1 is 1.20 bits per heavy atom. The van der Waals surface area contributed by atoms with E-state index in [1.165, 1.54) is 11.1 Å². The predicted molar refractivity (Wildman–Crippen MR) is 63.3 cm³/mol. The van der Waals surface area contributed by atoms with E-state index < -0.39 is 0 Å². The first-order valence-electron chi connectivity index (χ1n) is 5.05. The fourth-order valence-electron chi connectivity index (χ4n) is 1.60. The predicted octanol–water partition coefficient (Wildman–Crippen LogP) is 3.56. The Labute approximate surface area is 90.4 Å². The van der Waals surface area contributed by atoms with Gasteiger partial charge in [0.15, 0.2) is 0 Å². The second-order valence-electron chi connectivity index (χ2n) is 3.50. The van der Waals surface area contributed by atoms with Gasteiger partial charge in [-0.15, -0.1) is 0 Å². The third-order valence-corrected chi connectivity index (χ3v) is 2.38. The molecule has 1 nitrogen and oxygen atoms in total. The molecule has 0 bridgehead atoms. The van der Waals surface area contributed by atoms with Crippen LogP contribution in [-0.2, 0) is 4.74 Å². The van der Waals surface area contributed by atoms with Crippen molar-refractivity contribution in [3.05, 3.63) is 65.5 Å². The van der Waals surface area contributed by atoms with Crippen molar-refractivity contribution in [3.8, 4) is 0 Å². The van der Waals surface area contributed by atoms with Crippen LogP contribution >= 0.6 is 0 Å². The first-order valence-corrected chi connectivity index (χ1v) is 5.05. The quantitative estimate of drug-likeness (QED) is 0.706. The molecular formula is C14H14O. The lowest BCUT2D eigenvalue weighted by molar-refractivity contribution is 0.283. The van der Waals surface area contributed by atoms with Crippen LogP contribution in [0.4, 0.5) is 0 Å². The van der Waals surface area contributed by atoms with Crippen molar-refractivity contribution in [2.45, 2.75) is 6.42 Å². The topological polar surface area (TPSA) is 9.23 Å². The Balaban J connectivity index is 2.17. The number of hydrogen-bond acceptors (Lipinski definition) is 1. The summed E-state index contributed by atoms with van der Waals surface area (Å²) in [6, 6.07) is 10.3. The minimum absolute atomic E-state index is 0.877. The molecule has 15 heavy (non-hydrogen) atoms. The van der Waals surface area contributed by atoms with Crippen LogP contribution in [0.15, 0.2) is 59.9 Å². The number of allylic oxidation sites excluding steroid dienone is 4. The van der Waals surface area contributed by atoms with Crippen molar-refractivity contribution < 1.29 is 4.74 Å². The lowest BCUT2D eigenvalue weighted by Gasteiger charge is -2.10. The maximum atomic E-state index is 5.23. The zero-order valence-corrected chi connectivity index (χ0v) is 8.81. The number of rotatable bonds is 2. The first kappa shape index (κ1) is 9.78. The number of benzene rings is 1. The number of methoxy groups -OCH3 is 1. The van der Waals surface area contributed by atoms with Gasteiger partial charge in [0, 0.05) is 6.42 Å². The summed E-state index contributed by atoms with van der Waals surface area (Å²) in [4.78, 5) is 0. The minimum atomic E-state index is 0.877. The SMILES string of the molecule is COC1=CC=CC(=Cc2ccccc2)C1. The van der Waals surface area contributed by atoms with Gasteiger partial charge in [-0.1, -0.05) is 48.6 Å². The standard InChI is InChI=1S/C14H14O/c1-15-14-9-5-8-13(11-14)10-12-6-3-2-4-7-12/h2-10H,11H2,1H3. The van der Waals surface area contributed by atoms with E-state index >= 15 is 0 Å². The number of ether oxygens (including phenoxy) is 1. The van der Waals surface area contributed by atoms with Crippen LogP contribution in [0.3, 0.4) is 0 Å². The molecule has 0 spiro atoms. The highest BCUT2D eigenvalue weighted by Crippen LogP contribution is 2.20. The molecule has 0 N–H and O–H groups in total. The molecule has 0 aromatic heterocycles. The van der Waals surface area contributed by atoms with E-state index in [4.69, 9.17) is 4.74 Å². The summed E-state index contributed by atoms with van der Waals surface area (Å²) in [5.74, 6) is 1.01. The summed E-state index contributed by atoms with van der Waals surface area (Å²) >= 11 is 0. The third kappa shape index (κ3) is 2.59. The highest BCUT2D eigenvalue weighted by molar-refractivity contribution is 5.57. The smallest absolute Gasteiger partial charge is 0.0999 e. The normalized spacial score (nSPS) is 17.7. The molecule has 76 valence electrons. The van der Waals surface area contributed by atoms with Crippen LogP contribution < -0.4 is 0 Å². The van der Waals surface area contributed by atoms with Crippen molar-refractivity contribution >= 4 is 6.08 Å². The van der Waals surface area contributed by atoms with Crippen molar-refractivity contribution in [1.29, 1.82) is 0 Å². The third-order valence-electron chi connectivity index (χ3n) is 2.38. The van der Waals surface area contributed by atoms with Gasteiger partial charge in [-0.3, -0.25) is 0 Å². The van der Waals surface area contributed by atoms with Gasteiger partial charge in [-0.2, -0.15) is 0 Å². The van der Waals surface area contributed by atoms with E-state index in [0.717, 1.165) is 12.2 Å². The van der Waals surface area contributed by atoms with Crippen molar-refractivity contribution in [3.63, 3.8) is 0 Å². The molecule has 0 amide bonds. The summed E-state index contributed by atoms with van der Waals surface area (Å²) in [5, 5.41) is 0. The molecule has 1 heteroatoms. The molecule has 0 saturated heterocycles. The molecule has 0 aliphatic heterocycles. The molecule has 0 radical (unpaired) electrons. The molecule has 0 saturated carbocycles. The van der Waals surface area contributed by atoms with E-state index in [9.17, 15) is 0 Å². The second-order valence-corrected chi connectivity index (χ2v) is 3.50. The van der Waals surface area contributed by atoms with E-state index in [1.807, 2.05) is 30.4 Å². The van der Waals surface area contributed by atoms with Crippen LogP contribution in [-0.4, -0.2) is 7.11 Å². The Kier molecular flexibility index (Phi) is 3.03. The van der Waals surface area contributed by atoms with Gasteiger partial charge in [0.1, 0.15) is 0 Å². The minimum Gasteiger partial charge on any atom is -0.501 e. The van der Waals surface area contributed by atoms with Gasteiger partial charge in [-0.05, 0) is 17.2 Å². The fraction of sp³-hybridized carbons (Fsp3) is 0.143. The van der Waals surface area contributed by atoms with E-state index in [2.05, 4.69) is 24.3 Å². The Hall–Kier alpha value is -1.76. The molecule has 1 aliphatic carbocycles. The summed E-state index contributed by atoms with van der Waals surface area (Å²) < 4.78 is 5.23. The summed E-state index contributed by atoms with van der Waals surface area (Å²) in [6.45, 7) is 0. The molecule has 0 unspecified atom stereocenters. The summed E-state index contributed by atoms with van der Waals surface area (Å²) in [7, 11) is 1.71. The Morgan fingerprint density at radius 2 is 2.00 bits per heavy atom. The highest BCUT2D eigenvalue weighted by atomic mass is 16.5. The molecule has 0 heterocycles. The summed E-state index contributed by atoms with van der Waals surface area (Å²) in [6.07, 6.45) is 9.21. The van der Waals surface area contributed by atoms with Crippen LogP contribution in [0.25, 0.3) is 6.08 Å². The van der Waals surface area contributed by atoms with Crippen molar-refractivity contribution in [2.24, 2.45) is 0 Å². The van der Waals surface area contributed by atoms with E-state index in [-0.39, 0.29) is 0 Å². The summed E-state index contributed by atoms with van der Waals surface area (Å²) in [5.41, 5.74) is 2.51. The highest BCUT2D eigenvalue weighted by Gasteiger charge is 2.03. The zero-order chi connectivity index (χ0) is 10.5. The van der Waals surface area contributed by atoms with Crippen molar-refractivity contribution in [2.75, 3.05) is 7.11 Å². The van der Waals surface area contributed by atoms with E-state index in [1.54, 1.807) is 7.11 Å². The van der Waals surface area contributed by atoms with Gasteiger partial charge in [0.2, 0.25) is 0 Å². The molecule has 1 aromatic carbocycles. The molecule has 1 aromatic rings. The zero-order valence-electron chi connectivity index (χ0n) is 8.81. The lowest BCUT2D eigenvalue weighted by Crippen LogP contribution is -1.92. The van der Waals surface area contributed by atoms with Crippen LogP contribution in [0.2, 0.25) is 0 Å². The lowest BCUT2D eigenvalue weighted by atomic mass is 10.0.